The molecule has 1 N–H and O–H groups in total. The molecule has 1 aliphatic carbocycles. The van der Waals surface area contributed by atoms with Crippen LogP contribution in [0.3, 0.4) is 0 Å². The standard InChI is InChI=1S/C7H13IO/c8-5-6-3-1-2-4-7(6)9/h6-7,9H,1-5H2/t6-,7-/m1/s1. The van der Waals surface area contributed by atoms with E-state index >= 15 is 0 Å². The zero-order chi connectivity index (χ0) is 6.69. The minimum absolute atomic E-state index is 0.00986. The van der Waals surface area contributed by atoms with E-state index in [9.17, 15) is 5.11 Å². The summed E-state index contributed by atoms with van der Waals surface area (Å²) >= 11 is 2.36. The van der Waals surface area contributed by atoms with Gasteiger partial charge in [-0.25, -0.2) is 0 Å². The molecule has 2 heteroatoms. The fraction of sp³-hybridized carbons (Fsp3) is 1.00. The SMILES string of the molecule is O[C@@H]1CCCC[C@@H]1CI. The molecule has 0 spiro atoms. The molecule has 0 aromatic heterocycles. The van der Waals surface area contributed by atoms with Gasteiger partial charge in [-0.15, -0.1) is 0 Å². The molecule has 0 unspecified atom stereocenters. The van der Waals surface area contributed by atoms with Crippen LogP contribution in [0.4, 0.5) is 0 Å². The monoisotopic (exact) mass is 240 g/mol. The van der Waals surface area contributed by atoms with E-state index in [4.69, 9.17) is 0 Å². The molecule has 1 aliphatic rings. The third kappa shape index (κ3) is 2.08. The smallest absolute Gasteiger partial charge is 0.0575 e. The van der Waals surface area contributed by atoms with Crippen LogP contribution in [0.1, 0.15) is 25.7 Å². The van der Waals surface area contributed by atoms with Crippen molar-refractivity contribution >= 4 is 22.6 Å². The lowest BCUT2D eigenvalue weighted by molar-refractivity contribution is 0.0830. The molecule has 0 aromatic rings. The molecule has 1 rings (SSSR count). The van der Waals surface area contributed by atoms with Gasteiger partial charge in [0.2, 0.25) is 0 Å². The topological polar surface area (TPSA) is 20.2 Å². The lowest BCUT2D eigenvalue weighted by Gasteiger charge is -2.25. The summed E-state index contributed by atoms with van der Waals surface area (Å²) in [5.41, 5.74) is 0. The number of rotatable bonds is 1. The van der Waals surface area contributed by atoms with E-state index in [0.717, 1.165) is 10.8 Å². The van der Waals surface area contributed by atoms with Gasteiger partial charge < -0.3 is 5.11 Å². The van der Waals surface area contributed by atoms with E-state index in [0.29, 0.717) is 5.92 Å². The second kappa shape index (κ2) is 3.76. The molecular formula is C7H13IO. The quantitative estimate of drug-likeness (QED) is 0.548. The summed E-state index contributed by atoms with van der Waals surface area (Å²) in [6, 6.07) is 0. The van der Waals surface area contributed by atoms with Crippen molar-refractivity contribution in [1.29, 1.82) is 0 Å². The second-order valence-corrected chi connectivity index (χ2v) is 3.65. The van der Waals surface area contributed by atoms with Gasteiger partial charge in [0.25, 0.3) is 0 Å². The van der Waals surface area contributed by atoms with Gasteiger partial charge in [-0.3, -0.25) is 0 Å². The van der Waals surface area contributed by atoms with E-state index in [1.165, 1.54) is 19.3 Å². The van der Waals surface area contributed by atoms with Gasteiger partial charge in [0.1, 0.15) is 0 Å². The van der Waals surface area contributed by atoms with Gasteiger partial charge in [0, 0.05) is 4.43 Å². The van der Waals surface area contributed by atoms with Gasteiger partial charge in [-0.05, 0) is 18.8 Å². The lowest BCUT2D eigenvalue weighted by Crippen LogP contribution is -2.25. The van der Waals surface area contributed by atoms with Gasteiger partial charge in [0.05, 0.1) is 6.10 Å². The third-order valence-corrected chi connectivity index (χ3v) is 3.20. The van der Waals surface area contributed by atoms with Crippen molar-refractivity contribution in [3.8, 4) is 0 Å². The summed E-state index contributed by atoms with van der Waals surface area (Å²) < 4.78 is 1.12. The van der Waals surface area contributed by atoms with Gasteiger partial charge in [-0.1, -0.05) is 35.4 Å². The molecule has 2 atom stereocenters. The van der Waals surface area contributed by atoms with Crippen molar-refractivity contribution < 1.29 is 5.11 Å². The largest absolute Gasteiger partial charge is 0.393 e. The summed E-state index contributed by atoms with van der Waals surface area (Å²) in [6.45, 7) is 0. The Bertz CT molecular complexity index is 85.0. The molecule has 1 fully saturated rings. The number of halogens is 1. The van der Waals surface area contributed by atoms with Crippen molar-refractivity contribution in [2.45, 2.75) is 31.8 Å². The Morgan fingerprint density at radius 2 is 2.00 bits per heavy atom. The highest BCUT2D eigenvalue weighted by molar-refractivity contribution is 14.1. The Morgan fingerprint density at radius 1 is 1.33 bits per heavy atom. The van der Waals surface area contributed by atoms with Crippen molar-refractivity contribution in [1.82, 2.24) is 0 Å². The molecule has 0 radical (unpaired) electrons. The minimum atomic E-state index is 0.00986. The van der Waals surface area contributed by atoms with E-state index in [-0.39, 0.29) is 6.10 Å². The Kier molecular flexibility index (Phi) is 3.26. The fourth-order valence-electron chi connectivity index (χ4n) is 1.37. The second-order valence-electron chi connectivity index (χ2n) is 2.77. The van der Waals surface area contributed by atoms with Gasteiger partial charge >= 0.3 is 0 Å². The van der Waals surface area contributed by atoms with Crippen molar-refractivity contribution in [2.75, 3.05) is 4.43 Å². The first-order valence-corrected chi connectivity index (χ1v) is 5.11. The molecule has 54 valence electrons. The lowest BCUT2D eigenvalue weighted by atomic mass is 9.88. The summed E-state index contributed by atoms with van der Waals surface area (Å²) in [4.78, 5) is 0. The van der Waals surface area contributed by atoms with Gasteiger partial charge in [-0.2, -0.15) is 0 Å². The number of hydrogen-bond acceptors (Lipinski definition) is 1. The molecule has 0 heterocycles. The zero-order valence-corrected chi connectivity index (χ0v) is 7.67. The van der Waals surface area contributed by atoms with Crippen LogP contribution in [-0.4, -0.2) is 15.6 Å². The van der Waals surface area contributed by atoms with Crippen LogP contribution in [-0.2, 0) is 0 Å². The maximum Gasteiger partial charge on any atom is 0.0575 e. The number of hydrogen-bond donors (Lipinski definition) is 1. The van der Waals surface area contributed by atoms with Gasteiger partial charge in [0.15, 0.2) is 0 Å². The Labute approximate surface area is 70.0 Å². The minimum Gasteiger partial charge on any atom is -0.393 e. The van der Waals surface area contributed by atoms with Crippen LogP contribution >= 0.6 is 22.6 Å². The zero-order valence-electron chi connectivity index (χ0n) is 5.52. The molecular weight excluding hydrogens is 227 g/mol. The predicted octanol–water partition coefficient (Wildman–Crippen LogP) is 1.97. The Balaban J connectivity index is 2.30. The van der Waals surface area contributed by atoms with Crippen molar-refractivity contribution in [3.63, 3.8) is 0 Å². The van der Waals surface area contributed by atoms with Crippen LogP contribution in [0, 0.1) is 5.92 Å². The van der Waals surface area contributed by atoms with Crippen LogP contribution < -0.4 is 0 Å². The summed E-state index contributed by atoms with van der Waals surface area (Å²) in [7, 11) is 0. The number of aliphatic hydroxyl groups excluding tert-OH is 1. The van der Waals surface area contributed by atoms with Crippen LogP contribution in [0.15, 0.2) is 0 Å². The van der Waals surface area contributed by atoms with E-state index in [2.05, 4.69) is 22.6 Å². The third-order valence-electron chi connectivity index (χ3n) is 2.07. The first kappa shape index (κ1) is 7.79. The maximum absolute atomic E-state index is 9.36. The number of alkyl halides is 1. The highest BCUT2D eigenvalue weighted by Crippen LogP contribution is 2.25. The molecule has 1 nitrogen and oxygen atoms in total. The molecule has 1 saturated carbocycles. The predicted molar refractivity (Wildman–Crippen MR) is 46.9 cm³/mol. The summed E-state index contributed by atoms with van der Waals surface area (Å²) in [5, 5.41) is 9.36. The van der Waals surface area contributed by atoms with E-state index < -0.39 is 0 Å². The fourth-order valence-corrected chi connectivity index (χ4v) is 2.40. The average Bonchev–Trinajstić information content (AvgIpc) is 1.89. The van der Waals surface area contributed by atoms with Crippen molar-refractivity contribution in [2.24, 2.45) is 5.92 Å². The summed E-state index contributed by atoms with van der Waals surface area (Å²) in [6.07, 6.45) is 4.84. The molecule has 0 aromatic carbocycles. The van der Waals surface area contributed by atoms with Crippen LogP contribution in [0.25, 0.3) is 0 Å². The Morgan fingerprint density at radius 3 is 2.44 bits per heavy atom. The molecule has 0 aliphatic heterocycles. The maximum atomic E-state index is 9.36. The molecule has 0 bridgehead atoms. The van der Waals surface area contributed by atoms with Crippen molar-refractivity contribution in [3.05, 3.63) is 0 Å². The highest BCUT2D eigenvalue weighted by atomic mass is 127. The van der Waals surface area contributed by atoms with E-state index in [1.54, 1.807) is 0 Å². The first-order valence-electron chi connectivity index (χ1n) is 3.58. The molecule has 0 saturated heterocycles. The van der Waals surface area contributed by atoms with Crippen LogP contribution in [0.2, 0.25) is 0 Å². The van der Waals surface area contributed by atoms with Crippen LogP contribution in [0.5, 0.6) is 0 Å². The number of aliphatic hydroxyl groups is 1. The highest BCUT2D eigenvalue weighted by Gasteiger charge is 2.20. The Hall–Kier alpha value is 0.690. The molecule has 9 heavy (non-hydrogen) atoms. The first-order chi connectivity index (χ1) is 4.34. The van der Waals surface area contributed by atoms with E-state index in [1.807, 2.05) is 0 Å². The molecule has 0 amide bonds. The normalized spacial score (nSPS) is 36.7. The average molecular weight is 240 g/mol. The summed E-state index contributed by atoms with van der Waals surface area (Å²) in [5.74, 6) is 0.597.